The number of esters is 2. The number of hydrogen-bond donors (Lipinski definition) is 1. The summed E-state index contributed by atoms with van der Waals surface area (Å²) in [6, 6.07) is 89.9. The molecule has 458 valence electrons. The third-order valence-corrected chi connectivity index (χ3v) is 26.1. The summed E-state index contributed by atoms with van der Waals surface area (Å²) in [6.45, 7) is 3.89. The first kappa shape index (κ1) is 61.7. The predicted octanol–water partition coefficient (Wildman–Crippen LogP) is 14.2. The summed E-state index contributed by atoms with van der Waals surface area (Å²) < 4.78 is 71.6. The first-order valence-electron chi connectivity index (χ1n) is 30.9. The Labute approximate surface area is 542 Å². The van der Waals surface area contributed by atoms with Gasteiger partial charge in [0.1, 0.15) is 23.0 Å². The molecule has 93 heavy (non-hydrogen) atoms. The third kappa shape index (κ3) is 12.3. The van der Waals surface area contributed by atoms with Crippen molar-refractivity contribution in [3.8, 4) is 23.0 Å². The number of carbonyl (C=O) groups excluding carboxylic acids is 2. The number of para-hydroxylation sites is 1. The van der Waals surface area contributed by atoms with Gasteiger partial charge in [-0.2, -0.15) is 0 Å². The van der Waals surface area contributed by atoms with Crippen LogP contribution in [0.5, 0.6) is 23.0 Å². The quantitative estimate of drug-likeness (QED) is 0.0605. The number of benzene rings is 12. The molecule has 12 aromatic rings. The molecule has 1 aliphatic rings. The van der Waals surface area contributed by atoms with Crippen molar-refractivity contribution in [1.29, 1.82) is 0 Å². The van der Waals surface area contributed by atoms with E-state index in [-0.39, 0.29) is 60.2 Å². The molecule has 0 saturated carbocycles. The highest BCUT2D eigenvalue weighted by molar-refractivity contribution is 7.86. The standard InChI is InChI=1S/C81H65O9P3/c1-56(2)88-77-59-32-27-33-60(77)47-63-52-74(92(86,69-38-19-7-20-39-69)70-40-21-8-22-41-70)54-65(78(63)89-80(83)57-28-11-3-12-29-57)49-66-55-75(93(87,71-42-23-9-24-43-71)72-44-25-10-26-45-72)53-64(79(66)90-81(84)58-30-13-4-14-31-58)48-62-51-73(50-61(46-59)76(62)82)91(85,67-34-15-5-16-35-67)68-36-17-6-18-37-68/h3-45,50-56,82H,46-49H2,1-2H3. The Bertz CT molecular complexity index is 4730. The van der Waals surface area contributed by atoms with Crippen molar-refractivity contribution in [3.63, 3.8) is 0 Å². The van der Waals surface area contributed by atoms with E-state index in [1.807, 2.05) is 244 Å². The van der Waals surface area contributed by atoms with Crippen molar-refractivity contribution in [2.75, 3.05) is 0 Å². The summed E-state index contributed by atoms with van der Waals surface area (Å²) in [6.07, 6.45) is -0.553. The maximum absolute atomic E-state index is 17.2. The molecule has 12 heteroatoms. The highest BCUT2D eigenvalue weighted by Crippen LogP contribution is 2.50. The summed E-state index contributed by atoms with van der Waals surface area (Å²) in [7, 11) is -11.6. The van der Waals surface area contributed by atoms with Crippen molar-refractivity contribution in [3.05, 3.63) is 353 Å². The molecule has 0 radical (unpaired) electrons. The summed E-state index contributed by atoms with van der Waals surface area (Å²) in [5.41, 5.74) is 4.24. The lowest BCUT2D eigenvalue weighted by Crippen LogP contribution is -2.27. The maximum atomic E-state index is 17.2. The highest BCUT2D eigenvalue weighted by atomic mass is 31.2. The molecular formula is C81H65O9P3. The average Bonchev–Trinajstić information content (AvgIpc) is 0.768. The highest BCUT2D eigenvalue weighted by Gasteiger charge is 2.37. The van der Waals surface area contributed by atoms with Crippen molar-refractivity contribution < 1.29 is 42.6 Å². The number of rotatable bonds is 15. The van der Waals surface area contributed by atoms with E-state index >= 15 is 23.3 Å². The normalized spacial score (nSPS) is 12.4. The molecule has 9 nitrogen and oxygen atoms in total. The molecule has 13 rings (SSSR count). The van der Waals surface area contributed by atoms with Crippen molar-refractivity contribution in [2.24, 2.45) is 0 Å². The van der Waals surface area contributed by atoms with E-state index in [9.17, 15) is 5.11 Å². The van der Waals surface area contributed by atoms with Crippen LogP contribution in [0.3, 0.4) is 0 Å². The Hall–Kier alpha value is -10.1. The minimum atomic E-state index is -3.94. The smallest absolute Gasteiger partial charge is 0.343 e. The first-order valence-corrected chi connectivity index (χ1v) is 36.0. The van der Waals surface area contributed by atoms with Crippen molar-refractivity contribution >= 4 is 81.1 Å². The lowest BCUT2D eigenvalue weighted by atomic mass is 9.91. The Morgan fingerprint density at radius 3 is 0.817 bits per heavy atom. The van der Waals surface area contributed by atoms with Crippen molar-refractivity contribution in [2.45, 2.75) is 45.6 Å². The molecule has 8 bridgehead atoms. The average molecular weight is 1280 g/mol. The van der Waals surface area contributed by atoms with Gasteiger partial charge in [0.15, 0.2) is 21.4 Å². The molecule has 1 aliphatic carbocycles. The second-order valence-corrected chi connectivity index (χ2v) is 31.7. The lowest BCUT2D eigenvalue weighted by Gasteiger charge is -2.27. The number of fused-ring (bicyclic) bond motifs is 8. The summed E-state index contributed by atoms with van der Waals surface area (Å²) in [5, 5.41) is 17.9. The molecular weight excluding hydrogens is 1210 g/mol. The van der Waals surface area contributed by atoms with Gasteiger partial charge in [-0.05, 0) is 96.8 Å². The van der Waals surface area contributed by atoms with Crippen LogP contribution in [-0.4, -0.2) is 23.1 Å². The van der Waals surface area contributed by atoms with E-state index in [0.717, 1.165) is 0 Å². The van der Waals surface area contributed by atoms with Gasteiger partial charge >= 0.3 is 11.9 Å². The monoisotopic (exact) mass is 1270 g/mol. The van der Waals surface area contributed by atoms with E-state index < -0.39 is 33.4 Å². The van der Waals surface area contributed by atoms with Gasteiger partial charge in [-0.25, -0.2) is 9.59 Å². The number of hydrogen-bond acceptors (Lipinski definition) is 9. The Morgan fingerprint density at radius 2 is 0.538 bits per heavy atom. The van der Waals surface area contributed by atoms with E-state index in [0.29, 0.717) is 98.0 Å². The molecule has 0 unspecified atom stereocenters. The van der Waals surface area contributed by atoms with Crippen LogP contribution >= 0.6 is 21.4 Å². The number of carbonyl (C=O) groups is 2. The van der Waals surface area contributed by atoms with E-state index in [4.69, 9.17) is 14.2 Å². The molecule has 12 aromatic carbocycles. The first-order chi connectivity index (χ1) is 45.3. The molecule has 1 N–H and O–H groups in total. The number of phenols is 1. The zero-order valence-electron chi connectivity index (χ0n) is 51.3. The van der Waals surface area contributed by atoms with Gasteiger partial charge in [0.2, 0.25) is 0 Å². The van der Waals surface area contributed by atoms with E-state index in [1.165, 1.54) is 0 Å². The van der Waals surface area contributed by atoms with Gasteiger partial charge in [0.25, 0.3) is 0 Å². The second kappa shape index (κ2) is 26.6. The zero-order chi connectivity index (χ0) is 64.1. The third-order valence-electron chi connectivity index (χ3n) is 17.0. The summed E-state index contributed by atoms with van der Waals surface area (Å²) >= 11 is 0. The molecule has 0 heterocycles. The summed E-state index contributed by atoms with van der Waals surface area (Å²) in [5.74, 6) is -0.692. The van der Waals surface area contributed by atoms with Gasteiger partial charge in [-0.15, -0.1) is 0 Å². The van der Waals surface area contributed by atoms with Crippen LogP contribution in [0.1, 0.15) is 79.1 Å². The fourth-order valence-electron chi connectivity index (χ4n) is 12.6. The molecule has 0 saturated heterocycles. The second-order valence-electron chi connectivity index (χ2n) is 23.4. The van der Waals surface area contributed by atoms with Crippen LogP contribution < -0.4 is 62.0 Å². The minimum absolute atomic E-state index is 0.0601. The predicted molar refractivity (Wildman–Crippen MR) is 375 cm³/mol. The van der Waals surface area contributed by atoms with Crippen LogP contribution in [0.15, 0.2) is 297 Å². The van der Waals surface area contributed by atoms with Gasteiger partial charge in [0, 0.05) is 95.7 Å². The lowest BCUT2D eigenvalue weighted by molar-refractivity contribution is 0.0724. The molecule has 0 spiro atoms. The largest absolute Gasteiger partial charge is 0.507 e. The SMILES string of the molecule is CC(C)Oc1c2cccc1Cc1cc(P(=O)(c3ccccc3)c3ccccc3)cc(c1OC(=O)c1ccccc1)Cc1cc(P(=O)(c3ccccc3)c3ccccc3)cc(c1OC(=O)c1ccccc1)Cc1cc(P(=O)(c3ccccc3)c3ccccc3)cc(c1O)C2. The summed E-state index contributed by atoms with van der Waals surface area (Å²) in [4.78, 5) is 30.2. The van der Waals surface area contributed by atoms with E-state index in [2.05, 4.69) is 0 Å². The van der Waals surface area contributed by atoms with E-state index in [1.54, 1.807) is 66.7 Å². The fourth-order valence-corrected chi connectivity index (χ4v) is 20.8. The van der Waals surface area contributed by atoms with Crippen LogP contribution in [0.4, 0.5) is 0 Å². The van der Waals surface area contributed by atoms with Gasteiger partial charge < -0.3 is 33.0 Å². The minimum Gasteiger partial charge on any atom is -0.507 e. The van der Waals surface area contributed by atoms with Crippen molar-refractivity contribution in [1.82, 2.24) is 0 Å². The Balaban J connectivity index is 1.18. The van der Waals surface area contributed by atoms with Crippen LogP contribution in [-0.2, 0) is 39.4 Å². The maximum Gasteiger partial charge on any atom is 0.343 e. The zero-order valence-corrected chi connectivity index (χ0v) is 53.9. The number of aromatic hydroxyl groups is 1. The topological polar surface area (TPSA) is 133 Å². The Kier molecular flexibility index (Phi) is 17.7. The number of phenolic OH excluding ortho intramolecular Hbond substituents is 1. The van der Waals surface area contributed by atoms with Gasteiger partial charge in [0.05, 0.1) is 17.2 Å². The van der Waals surface area contributed by atoms with Gasteiger partial charge in [-0.1, -0.05) is 237 Å². The molecule has 0 aromatic heterocycles. The molecule has 0 atom stereocenters. The van der Waals surface area contributed by atoms with Crippen LogP contribution in [0, 0.1) is 0 Å². The molecule has 0 aliphatic heterocycles. The fraction of sp³-hybridized carbons (Fsp3) is 0.0864. The van der Waals surface area contributed by atoms with Crippen LogP contribution in [0.25, 0.3) is 0 Å². The Morgan fingerprint density at radius 1 is 0.301 bits per heavy atom. The van der Waals surface area contributed by atoms with Gasteiger partial charge in [-0.3, -0.25) is 0 Å². The number of ether oxygens (including phenoxy) is 3. The van der Waals surface area contributed by atoms with Crippen LogP contribution in [0.2, 0.25) is 0 Å². The molecule has 0 amide bonds. The molecule has 0 fully saturated rings.